The second-order valence-corrected chi connectivity index (χ2v) is 8.67. The van der Waals surface area contributed by atoms with Crippen LogP contribution in [0.5, 0.6) is 5.75 Å². The van der Waals surface area contributed by atoms with Gasteiger partial charge < -0.3 is 19.7 Å². The molecule has 1 aliphatic rings. The first kappa shape index (κ1) is 20.3. The first-order valence-corrected chi connectivity index (χ1v) is 10.6. The molecule has 0 fully saturated rings. The van der Waals surface area contributed by atoms with E-state index in [1.807, 2.05) is 80.6 Å². The number of nitrogens with zero attached hydrogens (tertiary/aromatic N) is 2. The van der Waals surface area contributed by atoms with Crippen molar-refractivity contribution < 1.29 is 14.6 Å². The molecule has 1 atom stereocenters. The van der Waals surface area contributed by atoms with Gasteiger partial charge in [0.25, 0.3) is 0 Å². The molecular formula is C26H25N3O3. The van der Waals surface area contributed by atoms with Crippen molar-refractivity contribution in [1.29, 1.82) is 0 Å². The second kappa shape index (κ2) is 7.50. The predicted octanol–water partition coefficient (Wildman–Crippen LogP) is 4.60. The fraction of sp³-hybridized carbons (Fsp3) is 0.231. The highest BCUT2D eigenvalue weighted by Gasteiger charge is 2.44. The van der Waals surface area contributed by atoms with Gasteiger partial charge in [0.05, 0.1) is 41.9 Å². The first-order valence-electron chi connectivity index (χ1n) is 10.6. The first-order chi connectivity index (χ1) is 15.4. The Morgan fingerprint density at radius 1 is 1.09 bits per heavy atom. The Bertz CT molecular complexity index is 1290. The number of imidazole rings is 1. The number of hydrogen-bond donors (Lipinski definition) is 2. The van der Waals surface area contributed by atoms with Gasteiger partial charge in [-0.15, -0.1) is 0 Å². The van der Waals surface area contributed by atoms with Gasteiger partial charge in [-0.1, -0.05) is 30.3 Å². The number of anilines is 1. The molecule has 0 aliphatic carbocycles. The molecule has 1 amide bonds. The molecule has 1 aromatic heterocycles. The molecular weight excluding hydrogens is 402 g/mol. The standard InChI is InChI=1S/C26H25N3O3/c1-26(2)19-13-20-21(28-24(27-20)17-9-11-18(32-3)12-10-17)14-22(19)29(25(26)31)15-23(30)16-7-5-4-6-8-16/h4-14,23,30H,15H2,1-3H3,(H,27,28). The average Bonchev–Trinajstić information content (AvgIpc) is 3.31. The maximum absolute atomic E-state index is 13.3. The van der Waals surface area contributed by atoms with Gasteiger partial charge in [-0.05, 0) is 61.4 Å². The van der Waals surface area contributed by atoms with E-state index in [2.05, 4.69) is 4.98 Å². The Morgan fingerprint density at radius 2 is 1.81 bits per heavy atom. The molecule has 5 rings (SSSR count). The quantitative estimate of drug-likeness (QED) is 0.488. The Balaban J connectivity index is 1.54. The van der Waals surface area contributed by atoms with Gasteiger partial charge >= 0.3 is 0 Å². The summed E-state index contributed by atoms with van der Waals surface area (Å²) in [6.07, 6.45) is -0.772. The van der Waals surface area contributed by atoms with Crippen LogP contribution in [0.3, 0.4) is 0 Å². The van der Waals surface area contributed by atoms with Crippen molar-refractivity contribution in [3.63, 3.8) is 0 Å². The highest BCUT2D eigenvalue weighted by molar-refractivity contribution is 6.09. The summed E-state index contributed by atoms with van der Waals surface area (Å²) in [4.78, 5) is 23.1. The maximum Gasteiger partial charge on any atom is 0.237 e. The van der Waals surface area contributed by atoms with E-state index in [-0.39, 0.29) is 12.5 Å². The van der Waals surface area contributed by atoms with Crippen LogP contribution in [-0.2, 0) is 10.2 Å². The lowest BCUT2D eigenvalue weighted by Gasteiger charge is -2.23. The van der Waals surface area contributed by atoms with Gasteiger partial charge in [0.15, 0.2) is 0 Å². The molecule has 3 aromatic carbocycles. The third-order valence-electron chi connectivity index (χ3n) is 6.25. The number of benzene rings is 3. The summed E-state index contributed by atoms with van der Waals surface area (Å²) in [5.41, 5.74) is 4.43. The highest BCUT2D eigenvalue weighted by atomic mass is 16.5. The zero-order chi connectivity index (χ0) is 22.5. The summed E-state index contributed by atoms with van der Waals surface area (Å²) < 4.78 is 5.24. The SMILES string of the molecule is COc1ccc(-c2nc3cc4c(cc3[nH]2)C(C)(C)C(=O)N4CC(O)c2ccccc2)cc1. The number of H-pyrrole nitrogens is 1. The number of aromatic nitrogens is 2. The minimum Gasteiger partial charge on any atom is -0.497 e. The van der Waals surface area contributed by atoms with Crippen LogP contribution in [0.2, 0.25) is 0 Å². The van der Waals surface area contributed by atoms with E-state index in [0.717, 1.165) is 45.0 Å². The van der Waals surface area contributed by atoms with Crippen LogP contribution in [-0.4, -0.2) is 34.6 Å². The van der Waals surface area contributed by atoms with Gasteiger partial charge in [0, 0.05) is 5.56 Å². The third kappa shape index (κ3) is 3.24. The van der Waals surface area contributed by atoms with Crippen molar-refractivity contribution in [1.82, 2.24) is 9.97 Å². The molecule has 2 heterocycles. The van der Waals surface area contributed by atoms with E-state index >= 15 is 0 Å². The fourth-order valence-corrected chi connectivity index (χ4v) is 4.35. The van der Waals surface area contributed by atoms with Crippen molar-refractivity contribution in [2.24, 2.45) is 0 Å². The van der Waals surface area contributed by atoms with E-state index in [0.29, 0.717) is 0 Å². The summed E-state index contributed by atoms with van der Waals surface area (Å²) in [6, 6.07) is 21.1. The summed E-state index contributed by atoms with van der Waals surface area (Å²) in [5.74, 6) is 1.52. The topological polar surface area (TPSA) is 78.5 Å². The van der Waals surface area contributed by atoms with Gasteiger partial charge in [0.2, 0.25) is 5.91 Å². The number of aliphatic hydroxyl groups excluding tert-OH is 1. The zero-order valence-corrected chi connectivity index (χ0v) is 18.3. The summed E-state index contributed by atoms with van der Waals surface area (Å²) in [6.45, 7) is 4.05. The maximum atomic E-state index is 13.3. The zero-order valence-electron chi connectivity index (χ0n) is 18.3. The molecule has 6 nitrogen and oxygen atoms in total. The number of rotatable bonds is 5. The molecule has 4 aromatic rings. The van der Waals surface area contributed by atoms with Crippen molar-refractivity contribution in [3.8, 4) is 17.1 Å². The molecule has 2 N–H and O–H groups in total. The molecule has 0 bridgehead atoms. The van der Waals surface area contributed by atoms with Crippen LogP contribution >= 0.6 is 0 Å². The van der Waals surface area contributed by atoms with Crippen LogP contribution in [0.4, 0.5) is 5.69 Å². The van der Waals surface area contributed by atoms with E-state index in [1.54, 1.807) is 12.0 Å². The highest BCUT2D eigenvalue weighted by Crippen LogP contribution is 2.44. The molecule has 0 saturated carbocycles. The minimum atomic E-state index is -0.772. The fourth-order valence-electron chi connectivity index (χ4n) is 4.35. The Morgan fingerprint density at radius 3 is 2.50 bits per heavy atom. The molecule has 0 radical (unpaired) electrons. The number of amides is 1. The number of carbonyl (C=O) groups is 1. The average molecular weight is 428 g/mol. The summed E-state index contributed by atoms with van der Waals surface area (Å²) in [7, 11) is 1.64. The Kier molecular flexibility index (Phi) is 4.75. The largest absolute Gasteiger partial charge is 0.497 e. The van der Waals surface area contributed by atoms with Crippen LogP contribution in [0, 0.1) is 0 Å². The normalized spacial score (nSPS) is 15.8. The molecule has 1 aliphatic heterocycles. The molecule has 0 spiro atoms. The Labute approximate surface area is 186 Å². The van der Waals surface area contributed by atoms with E-state index < -0.39 is 11.5 Å². The smallest absolute Gasteiger partial charge is 0.237 e. The third-order valence-corrected chi connectivity index (χ3v) is 6.25. The van der Waals surface area contributed by atoms with Crippen molar-refractivity contribution >= 4 is 22.6 Å². The lowest BCUT2D eigenvalue weighted by Crippen LogP contribution is -2.38. The summed E-state index contributed by atoms with van der Waals surface area (Å²) in [5, 5.41) is 10.8. The molecule has 1 unspecified atom stereocenters. The number of aliphatic hydroxyl groups is 1. The van der Waals surface area contributed by atoms with Gasteiger partial charge in [-0.2, -0.15) is 0 Å². The van der Waals surface area contributed by atoms with Gasteiger partial charge in [0.1, 0.15) is 11.6 Å². The molecule has 6 heteroatoms. The van der Waals surface area contributed by atoms with Crippen molar-refractivity contribution in [2.45, 2.75) is 25.4 Å². The van der Waals surface area contributed by atoms with Crippen molar-refractivity contribution in [3.05, 3.63) is 77.9 Å². The van der Waals surface area contributed by atoms with E-state index in [1.165, 1.54) is 0 Å². The number of nitrogens with one attached hydrogen (secondary N) is 1. The van der Waals surface area contributed by atoms with Crippen LogP contribution in [0.1, 0.15) is 31.1 Å². The number of methoxy groups -OCH3 is 1. The number of ether oxygens (including phenoxy) is 1. The summed E-state index contributed by atoms with van der Waals surface area (Å²) >= 11 is 0. The number of aromatic amines is 1. The predicted molar refractivity (Wildman–Crippen MR) is 125 cm³/mol. The number of carbonyl (C=O) groups excluding carboxylic acids is 1. The Hall–Kier alpha value is -3.64. The van der Waals surface area contributed by atoms with Crippen LogP contribution < -0.4 is 9.64 Å². The van der Waals surface area contributed by atoms with Crippen molar-refractivity contribution in [2.75, 3.05) is 18.6 Å². The van der Waals surface area contributed by atoms with Crippen LogP contribution in [0.15, 0.2) is 66.7 Å². The number of fused-ring (bicyclic) bond motifs is 2. The minimum absolute atomic E-state index is 0.0227. The van der Waals surface area contributed by atoms with Gasteiger partial charge in [-0.3, -0.25) is 4.79 Å². The van der Waals surface area contributed by atoms with E-state index in [4.69, 9.17) is 9.72 Å². The number of β-amino-alcohol motifs (C(OH)–C–C–N with tert-alkyl or cyclic N) is 1. The van der Waals surface area contributed by atoms with Crippen LogP contribution in [0.25, 0.3) is 22.4 Å². The molecule has 162 valence electrons. The molecule has 32 heavy (non-hydrogen) atoms. The number of hydrogen-bond acceptors (Lipinski definition) is 4. The second-order valence-electron chi connectivity index (χ2n) is 8.67. The molecule has 0 saturated heterocycles. The monoisotopic (exact) mass is 427 g/mol. The van der Waals surface area contributed by atoms with Gasteiger partial charge in [-0.25, -0.2) is 4.98 Å². The van der Waals surface area contributed by atoms with E-state index in [9.17, 15) is 9.90 Å². The lowest BCUT2D eigenvalue weighted by atomic mass is 9.86. The lowest BCUT2D eigenvalue weighted by molar-refractivity contribution is -0.122.